The molecule has 0 atom stereocenters. The molecule has 0 aliphatic carbocycles. The van der Waals surface area contributed by atoms with Crippen molar-refractivity contribution in [2.24, 2.45) is 0 Å². The van der Waals surface area contributed by atoms with Crippen LogP contribution in [0, 0.1) is 0 Å². The maximum atomic E-state index is 12.1. The molecule has 0 amide bonds. The predicted molar refractivity (Wildman–Crippen MR) is 78.6 cm³/mol. The molecule has 0 rings (SSSR count). The van der Waals surface area contributed by atoms with Gasteiger partial charge in [-0.3, -0.25) is 0 Å². The van der Waals surface area contributed by atoms with Crippen LogP contribution in [0.25, 0.3) is 0 Å². The summed E-state index contributed by atoms with van der Waals surface area (Å²) in [5, 5.41) is 0. The van der Waals surface area contributed by atoms with Crippen molar-refractivity contribution >= 4 is 28.9 Å². The minimum absolute atomic E-state index is 0.358. The van der Waals surface area contributed by atoms with E-state index in [2.05, 4.69) is 20.8 Å². The van der Waals surface area contributed by atoms with E-state index in [1.807, 2.05) is 0 Å². The molecule has 0 aliphatic rings. The van der Waals surface area contributed by atoms with E-state index in [-0.39, 0.29) is 0 Å². The third kappa shape index (κ3) is 7.81. The van der Waals surface area contributed by atoms with Crippen LogP contribution in [0.15, 0.2) is 0 Å². The fourth-order valence-electron chi connectivity index (χ4n) is 1.43. The normalized spacial score (nSPS) is 11.6. The molecule has 2 radical (unpaired) electrons. The average molecular weight is 395 g/mol. The van der Waals surface area contributed by atoms with Crippen molar-refractivity contribution in [2.45, 2.75) is 65.3 Å². The van der Waals surface area contributed by atoms with Crippen LogP contribution in [-0.2, 0) is 22.1 Å². The van der Waals surface area contributed by atoms with Gasteiger partial charge in [0.15, 0.2) is 0 Å². The zero-order chi connectivity index (χ0) is 15.3. The third-order valence-corrected chi connectivity index (χ3v) is 3.34. The van der Waals surface area contributed by atoms with Gasteiger partial charge in [-0.2, -0.15) is 0 Å². The van der Waals surface area contributed by atoms with Gasteiger partial charge in [-0.05, 0) is 0 Å². The Hall–Kier alpha value is 0.149. The molecule has 0 heterocycles. The van der Waals surface area contributed by atoms with E-state index in [1.165, 1.54) is 0 Å². The first-order chi connectivity index (χ1) is 9.66. The van der Waals surface area contributed by atoms with Crippen molar-refractivity contribution in [2.75, 3.05) is 19.8 Å². The van der Waals surface area contributed by atoms with Crippen LogP contribution < -0.4 is 0 Å². The van der Waals surface area contributed by atoms with Gasteiger partial charge in [-0.1, -0.05) is 0 Å². The standard InChI is InChI=1S/C14H28O5.Sn.H/c1-4-7-10-17-14(13(15)16,18-11-8-5-2)19-12-9-6-3;;/h4-12H2,1-3H3,(H,15,16);;/q;+1;/p-1. The SMILES string of the molecule is CCCCOC(OCCCC)(OCCCC)C(=O)[O][SnH]. The summed E-state index contributed by atoms with van der Waals surface area (Å²) in [4.78, 5) is 12.1. The molecular formula is C14H28O5Sn. The summed E-state index contributed by atoms with van der Waals surface area (Å²) in [5.74, 6) is -2.23. The summed E-state index contributed by atoms with van der Waals surface area (Å²) in [5.41, 5.74) is 0. The zero-order valence-electron chi connectivity index (χ0n) is 13.0. The van der Waals surface area contributed by atoms with E-state index >= 15 is 0 Å². The van der Waals surface area contributed by atoms with E-state index in [0.29, 0.717) is 42.8 Å². The molecule has 0 fully saturated rings. The molecule has 0 aromatic rings. The van der Waals surface area contributed by atoms with Gasteiger partial charge in [0.25, 0.3) is 0 Å². The van der Waals surface area contributed by atoms with Gasteiger partial charge in [0, 0.05) is 0 Å². The maximum absolute atomic E-state index is 12.1. The second-order valence-electron chi connectivity index (χ2n) is 4.57. The fraction of sp³-hybridized carbons (Fsp3) is 0.929. The molecule has 0 spiro atoms. The topological polar surface area (TPSA) is 54.0 Å². The summed E-state index contributed by atoms with van der Waals surface area (Å²) < 4.78 is 21.8. The number of carbonyl (C=O) groups is 1. The molecule has 0 saturated carbocycles. The summed E-state index contributed by atoms with van der Waals surface area (Å²) in [6.07, 6.45) is 5.50. The second kappa shape index (κ2) is 12.9. The number of unbranched alkanes of at least 4 members (excludes halogenated alkanes) is 3. The molecule has 20 heavy (non-hydrogen) atoms. The predicted octanol–water partition coefficient (Wildman–Crippen LogP) is 2.45. The van der Waals surface area contributed by atoms with E-state index in [1.54, 1.807) is 0 Å². The minimum atomic E-state index is -1.67. The van der Waals surface area contributed by atoms with Crippen LogP contribution in [0.5, 0.6) is 0 Å². The van der Waals surface area contributed by atoms with Crippen LogP contribution in [-0.4, -0.2) is 54.7 Å². The fourth-order valence-corrected chi connectivity index (χ4v) is 1.84. The summed E-state index contributed by atoms with van der Waals surface area (Å²) in [7, 11) is 0. The van der Waals surface area contributed by atoms with E-state index < -0.39 is 11.9 Å². The Labute approximate surface area is 136 Å². The molecule has 0 saturated heterocycles. The van der Waals surface area contributed by atoms with Gasteiger partial charge < -0.3 is 0 Å². The van der Waals surface area contributed by atoms with Crippen molar-refractivity contribution in [3.63, 3.8) is 0 Å². The van der Waals surface area contributed by atoms with Gasteiger partial charge in [0.1, 0.15) is 0 Å². The van der Waals surface area contributed by atoms with Gasteiger partial charge >= 0.3 is 136 Å². The summed E-state index contributed by atoms with van der Waals surface area (Å²) >= 11 is 0.358. The van der Waals surface area contributed by atoms with Crippen molar-refractivity contribution in [3.05, 3.63) is 0 Å². The molecule has 118 valence electrons. The molecule has 0 aromatic carbocycles. The molecule has 0 N–H and O–H groups in total. The third-order valence-electron chi connectivity index (χ3n) is 2.73. The number of hydrogen-bond acceptors (Lipinski definition) is 5. The van der Waals surface area contributed by atoms with Crippen molar-refractivity contribution in [1.29, 1.82) is 0 Å². The van der Waals surface area contributed by atoms with Gasteiger partial charge in [-0.15, -0.1) is 0 Å². The van der Waals surface area contributed by atoms with Crippen molar-refractivity contribution < 1.29 is 22.1 Å². The van der Waals surface area contributed by atoms with E-state index in [4.69, 9.17) is 17.3 Å². The number of ether oxygens (including phenoxy) is 3. The molecule has 6 heteroatoms. The molecule has 0 bridgehead atoms. The number of rotatable bonds is 13. The van der Waals surface area contributed by atoms with Gasteiger partial charge in [0.2, 0.25) is 0 Å². The van der Waals surface area contributed by atoms with Crippen LogP contribution in [0.1, 0.15) is 59.3 Å². The Kier molecular flexibility index (Phi) is 13.0. The first-order valence-electron chi connectivity index (χ1n) is 7.49. The molecule has 0 aromatic heterocycles. The first-order valence-corrected chi connectivity index (χ1v) is 8.84. The van der Waals surface area contributed by atoms with E-state index in [9.17, 15) is 4.79 Å². The Morgan fingerprint density at radius 2 is 1.20 bits per heavy atom. The van der Waals surface area contributed by atoms with Crippen LogP contribution >= 0.6 is 0 Å². The monoisotopic (exact) mass is 396 g/mol. The van der Waals surface area contributed by atoms with Crippen molar-refractivity contribution in [1.82, 2.24) is 0 Å². The molecule has 0 unspecified atom stereocenters. The Morgan fingerprint density at radius 1 is 0.850 bits per heavy atom. The van der Waals surface area contributed by atoms with Crippen molar-refractivity contribution in [3.8, 4) is 0 Å². The van der Waals surface area contributed by atoms with Gasteiger partial charge in [-0.25, -0.2) is 0 Å². The quantitative estimate of drug-likeness (QED) is 0.273. The van der Waals surface area contributed by atoms with Crippen LogP contribution in [0.2, 0.25) is 0 Å². The first kappa shape index (κ1) is 20.1. The Balaban J connectivity index is 4.71. The number of hydrogen-bond donors (Lipinski definition) is 0. The molecule has 5 nitrogen and oxygen atoms in total. The van der Waals surface area contributed by atoms with E-state index in [0.717, 1.165) is 38.5 Å². The zero-order valence-corrected chi connectivity index (χ0v) is 16.3. The average Bonchev–Trinajstić information content (AvgIpc) is 2.46. The summed E-state index contributed by atoms with van der Waals surface area (Å²) in [6, 6.07) is 0. The molecule has 0 aliphatic heterocycles. The second-order valence-corrected chi connectivity index (χ2v) is 5.24. The number of carbonyl (C=O) groups excluding carboxylic acids is 1. The Bertz CT molecular complexity index is 221. The van der Waals surface area contributed by atoms with Crippen LogP contribution in [0.4, 0.5) is 0 Å². The van der Waals surface area contributed by atoms with Gasteiger partial charge in [0.05, 0.1) is 0 Å². The Morgan fingerprint density at radius 3 is 1.45 bits per heavy atom. The molecular weight excluding hydrogens is 367 g/mol. The summed E-state index contributed by atoms with van der Waals surface area (Å²) in [6.45, 7) is 7.45. The van der Waals surface area contributed by atoms with Crippen LogP contribution in [0.3, 0.4) is 0 Å².